The van der Waals surface area contributed by atoms with Crippen LogP contribution in [0.5, 0.6) is 0 Å². The Morgan fingerprint density at radius 3 is 2.02 bits per heavy atom. The second kappa shape index (κ2) is 12.4. The second-order valence-electron chi connectivity index (χ2n) is 11.5. The largest absolute Gasteiger partial charge is 0.339 e. The first-order valence-electron chi connectivity index (χ1n) is 14.4. The summed E-state index contributed by atoms with van der Waals surface area (Å²) in [7, 11) is 3.47. The third-order valence-electron chi connectivity index (χ3n) is 8.64. The molecule has 3 fully saturated rings. The molecule has 214 valence electrons. The third-order valence-corrected chi connectivity index (χ3v) is 9.32. The van der Waals surface area contributed by atoms with Crippen LogP contribution in [0.4, 0.5) is 4.79 Å². The van der Waals surface area contributed by atoms with Crippen molar-refractivity contribution in [3.05, 3.63) is 57.6 Å². The molecule has 2 saturated heterocycles. The first kappa shape index (κ1) is 28.7. The molecule has 0 bridgehead atoms. The smallest absolute Gasteiger partial charge is 0.319 e. The normalized spacial score (nSPS) is 20.2. The molecule has 0 aromatic heterocycles. The number of piperazine rings is 1. The Morgan fingerprint density at radius 1 is 0.825 bits per heavy atom. The molecule has 0 radical (unpaired) electrons. The second-order valence-corrected chi connectivity index (χ2v) is 12.3. The fourth-order valence-corrected chi connectivity index (χ4v) is 6.93. The Hall–Kier alpha value is -2.77. The maximum absolute atomic E-state index is 13.2. The van der Waals surface area contributed by atoms with Crippen molar-refractivity contribution in [1.82, 2.24) is 19.6 Å². The predicted molar refractivity (Wildman–Crippen MR) is 159 cm³/mol. The van der Waals surface area contributed by atoms with Gasteiger partial charge in [-0.3, -0.25) is 9.59 Å². The fraction of sp³-hybridized carbons (Fsp3) is 0.516. The standard InChI is InChI=1S/C31H38Cl2N4O3/c1-34(2)31(40)36-16-14-35(15-17-36)29(38)22-10-8-21(9-11-22)24-19-27(32)26(28(33)20-24)18-23-12-13-37(30(23)39)25-6-4-3-5-7-25/h8-11,19-20,23,25H,3-7,12-18H2,1-2H3. The van der Waals surface area contributed by atoms with Gasteiger partial charge >= 0.3 is 6.03 Å². The van der Waals surface area contributed by atoms with Crippen molar-refractivity contribution in [3.8, 4) is 11.1 Å². The summed E-state index contributed by atoms with van der Waals surface area (Å²) in [6, 6.07) is 11.6. The Labute approximate surface area is 247 Å². The SMILES string of the molecule is CN(C)C(=O)N1CCN(C(=O)c2ccc(-c3cc(Cl)c(CC4CCN(C5CCCCC5)C4=O)c(Cl)c3)cc2)CC1. The van der Waals surface area contributed by atoms with Crippen molar-refractivity contribution in [2.75, 3.05) is 46.8 Å². The van der Waals surface area contributed by atoms with Crippen LogP contribution in [0.25, 0.3) is 11.1 Å². The van der Waals surface area contributed by atoms with Crippen LogP contribution < -0.4 is 0 Å². The first-order chi connectivity index (χ1) is 19.2. The van der Waals surface area contributed by atoms with Gasteiger partial charge in [0.15, 0.2) is 0 Å². The third kappa shape index (κ3) is 6.10. The number of hydrogen-bond donors (Lipinski definition) is 0. The minimum absolute atomic E-state index is 0.0314. The van der Waals surface area contributed by atoms with Crippen molar-refractivity contribution in [1.29, 1.82) is 0 Å². The molecule has 9 heteroatoms. The van der Waals surface area contributed by atoms with E-state index in [9.17, 15) is 14.4 Å². The minimum atomic E-state index is -0.0732. The van der Waals surface area contributed by atoms with Crippen molar-refractivity contribution < 1.29 is 14.4 Å². The van der Waals surface area contributed by atoms with Crippen molar-refractivity contribution >= 4 is 41.0 Å². The molecule has 40 heavy (non-hydrogen) atoms. The van der Waals surface area contributed by atoms with E-state index in [0.29, 0.717) is 54.3 Å². The van der Waals surface area contributed by atoms with Gasteiger partial charge in [0.05, 0.1) is 0 Å². The molecule has 0 N–H and O–H groups in total. The highest BCUT2D eigenvalue weighted by atomic mass is 35.5. The van der Waals surface area contributed by atoms with Gasteiger partial charge in [-0.1, -0.05) is 54.6 Å². The first-order valence-corrected chi connectivity index (χ1v) is 15.1. The molecule has 1 unspecified atom stereocenters. The Balaban J connectivity index is 1.22. The van der Waals surface area contributed by atoms with Crippen LogP contribution in [0.3, 0.4) is 0 Å². The Bertz CT molecular complexity index is 1230. The van der Waals surface area contributed by atoms with Gasteiger partial charge < -0.3 is 19.6 Å². The lowest BCUT2D eigenvalue weighted by atomic mass is 9.93. The summed E-state index contributed by atoms with van der Waals surface area (Å²) in [4.78, 5) is 45.6. The molecule has 1 saturated carbocycles. The zero-order valence-corrected chi connectivity index (χ0v) is 24.9. The van der Waals surface area contributed by atoms with Gasteiger partial charge in [0, 0.05) is 74.4 Å². The van der Waals surface area contributed by atoms with Gasteiger partial charge in [0.1, 0.15) is 0 Å². The number of benzene rings is 2. The number of likely N-dealkylation sites (tertiary alicyclic amines) is 1. The van der Waals surface area contributed by atoms with Crippen LogP contribution in [0.2, 0.25) is 10.0 Å². The van der Waals surface area contributed by atoms with E-state index >= 15 is 0 Å². The minimum Gasteiger partial charge on any atom is -0.339 e. The molecule has 2 aromatic rings. The number of halogens is 2. The number of nitrogens with zero attached hydrogens (tertiary/aromatic N) is 4. The van der Waals surface area contributed by atoms with Crippen LogP contribution in [-0.2, 0) is 11.2 Å². The highest BCUT2D eigenvalue weighted by Crippen LogP contribution is 2.36. The van der Waals surface area contributed by atoms with Gasteiger partial charge in [0.25, 0.3) is 5.91 Å². The molecule has 1 atom stereocenters. The molecule has 2 aromatic carbocycles. The van der Waals surface area contributed by atoms with Crippen molar-refractivity contribution in [2.24, 2.45) is 5.92 Å². The lowest BCUT2D eigenvalue weighted by molar-refractivity contribution is -0.133. The van der Waals surface area contributed by atoms with Gasteiger partial charge in [-0.05, 0) is 66.6 Å². The molecule has 0 spiro atoms. The zero-order valence-electron chi connectivity index (χ0n) is 23.4. The van der Waals surface area contributed by atoms with Crippen LogP contribution in [-0.4, -0.2) is 90.3 Å². The van der Waals surface area contributed by atoms with E-state index in [4.69, 9.17) is 23.2 Å². The van der Waals surface area contributed by atoms with Gasteiger partial charge in [-0.15, -0.1) is 0 Å². The van der Waals surface area contributed by atoms with E-state index in [1.807, 2.05) is 36.4 Å². The molecular formula is C31H38Cl2N4O3. The molecule has 4 amide bonds. The summed E-state index contributed by atoms with van der Waals surface area (Å²) < 4.78 is 0. The van der Waals surface area contributed by atoms with Crippen LogP contribution in [0.15, 0.2) is 36.4 Å². The van der Waals surface area contributed by atoms with E-state index < -0.39 is 0 Å². The maximum Gasteiger partial charge on any atom is 0.319 e. The fourth-order valence-electron chi connectivity index (χ4n) is 6.29. The number of carbonyl (C=O) groups excluding carboxylic acids is 3. The summed E-state index contributed by atoms with van der Waals surface area (Å²) >= 11 is 13.5. The number of carbonyl (C=O) groups is 3. The number of hydrogen-bond acceptors (Lipinski definition) is 3. The summed E-state index contributed by atoms with van der Waals surface area (Å²) in [5, 5.41) is 1.13. The predicted octanol–water partition coefficient (Wildman–Crippen LogP) is 5.82. The van der Waals surface area contributed by atoms with E-state index in [1.54, 1.807) is 28.8 Å². The van der Waals surface area contributed by atoms with Gasteiger partial charge in [-0.2, -0.15) is 0 Å². The topological polar surface area (TPSA) is 64.2 Å². The summed E-state index contributed by atoms with van der Waals surface area (Å²) in [5.74, 6) is 0.128. The van der Waals surface area contributed by atoms with Crippen LogP contribution in [0, 0.1) is 5.92 Å². The average molecular weight is 586 g/mol. The van der Waals surface area contributed by atoms with Gasteiger partial charge in [0.2, 0.25) is 5.91 Å². The van der Waals surface area contributed by atoms with E-state index in [0.717, 1.165) is 42.5 Å². The number of amides is 4. The summed E-state index contributed by atoms with van der Waals surface area (Å²) in [6.45, 7) is 2.89. The lowest BCUT2D eigenvalue weighted by Crippen LogP contribution is -2.52. The highest BCUT2D eigenvalue weighted by Gasteiger charge is 2.36. The average Bonchev–Trinajstić information content (AvgIpc) is 3.34. The maximum atomic E-state index is 13.2. The van der Waals surface area contributed by atoms with Gasteiger partial charge in [-0.25, -0.2) is 4.79 Å². The van der Waals surface area contributed by atoms with E-state index in [1.165, 1.54) is 19.3 Å². The van der Waals surface area contributed by atoms with Crippen molar-refractivity contribution in [2.45, 2.75) is 51.0 Å². The van der Waals surface area contributed by atoms with E-state index in [2.05, 4.69) is 4.90 Å². The number of rotatable bonds is 5. The molecule has 7 nitrogen and oxygen atoms in total. The number of urea groups is 1. The monoisotopic (exact) mass is 584 g/mol. The highest BCUT2D eigenvalue weighted by molar-refractivity contribution is 6.36. The van der Waals surface area contributed by atoms with E-state index in [-0.39, 0.29) is 23.8 Å². The quantitative estimate of drug-likeness (QED) is 0.444. The zero-order chi connectivity index (χ0) is 28.4. The molecule has 2 heterocycles. The van der Waals surface area contributed by atoms with Crippen molar-refractivity contribution in [3.63, 3.8) is 0 Å². The lowest BCUT2D eigenvalue weighted by Gasteiger charge is -2.36. The van der Waals surface area contributed by atoms with Crippen LogP contribution >= 0.6 is 23.2 Å². The Kier molecular flexibility index (Phi) is 8.91. The Morgan fingerprint density at radius 2 is 1.43 bits per heavy atom. The molecule has 3 aliphatic rings. The van der Waals surface area contributed by atoms with Crippen LogP contribution in [0.1, 0.15) is 54.4 Å². The summed E-state index contributed by atoms with van der Waals surface area (Å²) in [6.07, 6.45) is 7.34. The molecule has 1 aliphatic carbocycles. The molecule has 5 rings (SSSR count). The molecule has 2 aliphatic heterocycles. The summed E-state index contributed by atoms with van der Waals surface area (Å²) in [5.41, 5.74) is 3.21. The molecular weight excluding hydrogens is 547 g/mol.